The van der Waals surface area contributed by atoms with E-state index in [1.54, 1.807) is 18.2 Å². The summed E-state index contributed by atoms with van der Waals surface area (Å²) < 4.78 is 4.81. The Hall–Kier alpha value is -3.22. The zero-order valence-electron chi connectivity index (χ0n) is 22.6. The minimum atomic E-state index is -0.595. The van der Waals surface area contributed by atoms with Crippen LogP contribution in [0.1, 0.15) is 44.3 Å². The molecule has 2 heterocycles. The van der Waals surface area contributed by atoms with Crippen molar-refractivity contribution in [3.8, 4) is 11.3 Å². The number of anilines is 2. The van der Waals surface area contributed by atoms with Crippen molar-refractivity contribution in [3.63, 3.8) is 0 Å². The van der Waals surface area contributed by atoms with Crippen molar-refractivity contribution in [3.05, 3.63) is 29.1 Å². The normalized spacial score (nSPS) is 12.4. The van der Waals surface area contributed by atoms with Crippen LogP contribution in [0.15, 0.2) is 29.4 Å². The largest absolute Gasteiger partial charge is 0.468 e. The smallest absolute Gasteiger partial charge is 0.323 e. The van der Waals surface area contributed by atoms with Gasteiger partial charge in [0.05, 0.1) is 30.4 Å². The summed E-state index contributed by atoms with van der Waals surface area (Å²) in [7, 11) is 1.32. The first-order chi connectivity index (χ1) is 17.8. The SMILES string of the molecule is COC(=O)[C@H](NCC(=O)Nc1cccc(-c2nc(SC)nc3sc(C(=O)NC(C)(C)C)c(N)c23)c1)C(C)C. The van der Waals surface area contributed by atoms with Crippen LogP contribution in [0.5, 0.6) is 0 Å². The van der Waals surface area contributed by atoms with Crippen LogP contribution in [0.2, 0.25) is 0 Å². The summed E-state index contributed by atoms with van der Waals surface area (Å²) in [5.41, 5.74) is 8.20. The number of methoxy groups -OCH3 is 1. The molecule has 1 aromatic carbocycles. The molecule has 0 spiro atoms. The van der Waals surface area contributed by atoms with Crippen LogP contribution in [0.4, 0.5) is 11.4 Å². The van der Waals surface area contributed by atoms with Gasteiger partial charge in [-0.15, -0.1) is 11.3 Å². The highest BCUT2D eigenvalue weighted by atomic mass is 32.2. The molecule has 10 nitrogen and oxygen atoms in total. The van der Waals surface area contributed by atoms with E-state index >= 15 is 0 Å². The van der Waals surface area contributed by atoms with Gasteiger partial charge in [0.1, 0.15) is 15.7 Å². The van der Waals surface area contributed by atoms with Gasteiger partial charge in [0, 0.05) is 16.8 Å². The number of hydrogen-bond acceptors (Lipinski definition) is 10. The van der Waals surface area contributed by atoms with E-state index < -0.39 is 17.6 Å². The first-order valence-corrected chi connectivity index (χ1v) is 14.1. The lowest BCUT2D eigenvalue weighted by molar-refractivity contribution is -0.144. The minimum Gasteiger partial charge on any atom is -0.468 e. The number of thioether (sulfide) groups is 1. The molecule has 0 unspecified atom stereocenters. The van der Waals surface area contributed by atoms with Gasteiger partial charge in [-0.3, -0.25) is 19.7 Å². The lowest BCUT2D eigenvalue weighted by atomic mass is 10.0. The fraction of sp³-hybridized carbons (Fsp3) is 0.423. The van der Waals surface area contributed by atoms with E-state index in [9.17, 15) is 14.4 Å². The predicted octanol–water partition coefficient (Wildman–Crippen LogP) is 3.92. The number of carbonyl (C=O) groups is 3. The maximum absolute atomic E-state index is 12.9. The first-order valence-electron chi connectivity index (χ1n) is 12.0. The van der Waals surface area contributed by atoms with Gasteiger partial charge < -0.3 is 21.1 Å². The average molecular weight is 559 g/mol. The van der Waals surface area contributed by atoms with Crippen molar-refractivity contribution in [2.45, 2.75) is 51.4 Å². The number of nitrogens with zero attached hydrogens (tertiary/aromatic N) is 2. The van der Waals surface area contributed by atoms with Gasteiger partial charge in [-0.2, -0.15) is 0 Å². The summed E-state index contributed by atoms with van der Waals surface area (Å²) >= 11 is 2.61. The predicted molar refractivity (Wildman–Crippen MR) is 154 cm³/mol. The Morgan fingerprint density at radius 1 is 1.18 bits per heavy atom. The molecule has 0 saturated carbocycles. The number of ether oxygens (including phenoxy) is 1. The second-order valence-electron chi connectivity index (χ2n) is 10.0. The Morgan fingerprint density at radius 2 is 1.89 bits per heavy atom. The molecule has 0 aliphatic carbocycles. The number of nitrogens with two attached hydrogens (primary N) is 1. The van der Waals surface area contributed by atoms with Crippen molar-refractivity contribution in [1.82, 2.24) is 20.6 Å². The molecule has 0 saturated heterocycles. The zero-order valence-corrected chi connectivity index (χ0v) is 24.2. The van der Waals surface area contributed by atoms with E-state index in [-0.39, 0.29) is 24.3 Å². The number of nitrogens with one attached hydrogen (secondary N) is 3. The summed E-state index contributed by atoms with van der Waals surface area (Å²) in [6, 6.07) is 6.61. The highest BCUT2D eigenvalue weighted by Crippen LogP contribution is 2.40. The number of benzene rings is 1. The zero-order chi connectivity index (χ0) is 28.2. The number of aromatic nitrogens is 2. The van der Waals surface area contributed by atoms with Crippen LogP contribution in [0, 0.1) is 5.92 Å². The molecule has 0 aliphatic rings. The molecule has 0 radical (unpaired) electrons. The van der Waals surface area contributed by atoms with Crippen molar-refractivity contribution in [2.24, 2.45) is 5.92 Å². The monoisotopic (exact) mass is 558 g/mol. The van der Waals surface area contributed by atoms with Crippen LogP contribution < -0.4 is 21.7 Å². The summed E-state index contributed by atoms with van der Waals surface area (Å²) in [6.07, 6.45) is 1.87. The highest BCUT2D eigenvalue weighted by Gasteiger charge is 2.25. The number of rotatable bonds is 9. The number of thiophene rings is 1. The Labute approximate surface area is 230 Å². The van der Waals surface area contributed by atoms with Gasteiger partial charge in [-0.05, 0) is 45.1 Å². The number of fused-ring (bicyclic) bond motifs is 1. The molecule has 204 valence electrons. The fourth-order valence-corrected chi connectivity index (χ4v) is 5.15. The third kappa shape index (κ3) is 7.00. The molecular weight excluding hydrogens is 524 g/mol. The molecule has 38 heavy (non-hydrogen) atoms. The van der Waals surface area contributed by atoms with E-state index in [0.29, 0.717) is 42.9 Å². The highest BCUT2D eigenvalue weighted by molar-refractivity contribution is 7.98. The quantitative estimate of drug-likeness (QED) is 0.174. The number of hydrogen-bond donors (Lipinski definition) is 4. The summed E-state index contributed by atoms with van der Waals surface area (Å²) in [5, 5.41) is 9.88. The van der Waals surface area contributed by atoms with Crippen LogP contribution >= 0.6 is 23.1 Å². The molecule has 3 rings (SSSR count). The lowest BCUT2D eigenvalue weighted by Gasteiger charge is -2.20. The van der Waals surface area contributed by atoms with Crippen LogP contribution in [0.25, 0.3) is 21.5 Å². The second kappa shape index (κ2) is 12.1. The third-order valence-corrected chi connectivity index (χ3v) is 7.12. The van der Waals surface area contributed by atoms with Crippen molar-refractivity contribution in [1.29, 1.82) is 0 Å². The number of esters is 1. The molecule has 0 fully saturated rings. The van der Waals surface area contributed by atoms with E-state index in [0.717, 1.165) is 0 Å². The van der Waals surface area contributed by atoms with Crippen molar-refractivity contribution >= 4 is 62.5 Å². The van der Waals surface area contributed by atoms with Crippen LogP contribution in [-0.4, -0.2) is 59.2 Å². The molecule has 1 atom stereocenters. The lowest BCUT2D eigenvalue weighted by Crippen LogP contribution is -2.45. The molecule has 2 amide bonds. The Bertz CT molecular complexity index is 1350. The summed E-state index contributed by atoms with van der Waals surface area (Å²) in [5.74, 6) is -1.05. The second-order valence-corrected chi connectivity index (χ2v) is 11.8. The fourth-order valence-electron chi connectivity index (χ4n) is 3.74. The summed E-state index contributed by atoms with van der Waals surface area (Å²) in [4.78, 5) is 47.8. The van der Waals surface area contributed by atoms with E-state index in [1.165, 1.54) is 30.2 Å². The molecule has 0 aliphatic heterocycles. The topological polar surface area (TPSA) is 148 Å². The molecule has 3 aromatic rings. The molecule has 2 aromatic heterocycles. The van der Waals surface area contributed by atoms with Crippen molar-refractivity contribution < 1.29 is 19.1 Å². The van der Waals surface area contributed by atoms with Crippen molar-refractivity contribution in [2.75, 3.05) is 31.0 Å². The van der Waals surface area contributed by atoms with Gasteiger partial charge >= 0.3 is 5.97 Å². The molecular formula is C26H34N6O4S2. The first kappa shape index (κ1) is 29.3. The van der Waals surface area contributed by atoms with Crippen LogP contribution in [0.3, 0.4) is 0 Å². The molecule has 0 bridgehead atoms. The van der Waals surface area contributed by atoms with Gasteiger partial charge in [0.15, 0.2) is 5.16 Å². The molecule has 5 N–H and O–H groups in total. The maximum Gasteiger partial charge on any atom is 0.323 e. The van der Waals surface area contributed by atoms with Gasteiger partial charge in [0.2, 0.25) is 5.91 Å². The van der Waals surface area contributed by atoms with Gasteiger partial charge in [-0.1, -0.05) is 37.7 Å². The Kier molecular flexibility index (Phi) is 9.34. The third-order valence-electron chi connectivity index (χ3n) is 5.47. The standard InChI is InChI=1S/C26H34N6O4S2/c1-13(2)19(24(35)36-6)28-12-16(33)29-15-10-8-9-14(11-15)20-17-18(27)21(22(34)32-26(3,4)5)38-23(17)31-25(30-20)37-7/h8-11,13,19,28H,12,27H2,1-7H3,(H,29,33)(H,32,34)/t19-/m1/s1. The Morgan fingerprint density at radius 3 is 2.50 bits per heavy atom. The number of carbonyl (C=O) groups excluding carboxylic acids is 3. The molecule has 12 heteroatoms. The maximum atomic E-state index is 12.9. The average Bonchev–Trinajstić information content (AvgIpc) is 3.18. The van der Waals surface area contributed by atoms with E-state index in [2.05, 4.69) is 20.9 Å². The van der Waals surface area contributed by atoms with E-state index in [1.807, 2.05) is 46.9 Å². The summed E-state index contributed by atoms with van der Waals surface area (Å²) in [6.45, 7) is 9.38. The minimum absolute atomic E-state index is 0.0455. The van der Waals surface area contributed by atoms with E-state index in [4.69, 9.17) is 15.5 Å². The van der Waals surface area contributed by atoms with Gasteiger partial charge in [-0.25, -0.2) is 9.97 Å². The van der Waals surface area contributed by atoms with Gasteiger partial charge in [0.25, 0.3) is 5.91 Å². The Balaban J connectivity index is 1.92. The van der Waals surface area contributed by atoms with Crippen LogP contribution in [-0.2, 0) is 14.3 Å². The number of nitrogen functional groups attached to an aromatic ring is 1. The number of amides is 2.